The van der Waals surface area contributed by atoms with E-state index in [4.69, 9.17) is 9.72 Å². The van der Waals surface area contributed by atoms with Crippen LogP contribution in [-0.2, 0) is 13.2 Å². The summed E-state index contributed by atoms with van der Waals surface area (Å²) in [7, 11) is 0. The molecule has 0 fully saturated rings. The van der Waals surface area contributed by atoms with Gasteiger partial charge in [0, 0.05) is 6.54 Å². The third kappa shape index (κ3) is 3.14. The van der Waals surface area contributed by atoms with E-state index < -0.39 is 0 Å². The van der Waals surface area contributed by atoms with Crippen LogP contribution in [0.2, 0.25) is 0 Å². The Hall–Kier alpha value is -2.29. The summed E-state index contributed by atoms with van der Waals surface area (Å²) in [4.78, 5) is 4.75. The molecule has 0 spiro atoms. The Balaban J connectivity index is 1.88. The highest BCUT2D eigenvalue weighted by Gasteiger charge is 2.13. The van der Waals surface area contributed by atoms with Gasteiger partial charge in [0.25, 0.3) is 0 Å². The highest BCUT2D eigenvalue weighted by atomic mass is 16.5. The van der Waals surface area contributed by atoms with Gasteiger partial charge in [-0.1, -0.05) is 50.6 Å². The zero-order valence-electron chi connectivity index (χ0n) is 13.2. The van der Waals surface area contributed by atoms with E-state index in [1.54, 1.807) is 0 Å². The first-order valence-electron chi connectivity index (χ1n) is 7.90. The number of hydrogen-bond donors (Lipinski definition) is 0. The lowest BCUT2D eigenvalue weighted by atomic mass is 10.1. The van der Waals surface area contributed by atoms with Crippen molar-refractivity contribution in [2.45, 2.75) is 33.4 Å². The molecule has 1 atom stereocenters. The van der Waals surface area contributed by atoms with E-state index in [-0.39, 0.29) is 0 Å². The van der Waals surface area contributed by atoms with Crippen molar-refractivity contribution in [3.63, 3.8) is 0 Å². The van der Waals surface area contributed by atoms with Gasteiger partial charge in [-0.2, -0.15) is 0 Å². The molecule has 0 aliphatic rings. The minimum atomic E-state index is 0.495. The molecule has 0 saturated heterocycles. The normalized spacial score (nSPS) is 12.5. The van der Waals surface area contributed by atoms with E-state index in [2.05, 4.69) is 36.6 Å². The highest BCUT2D eigenvalue weighted by Crippen LogP contribution is 2.20. The van der Waals surface area contributed by atoms with Crippen LogP contribution in [0, 0.1) is 5.92 Å². The Labute approximate surface area is 131 Å². The molecule has 0 saturated carbocycles. The summed E-state index contributed by atoms with van der Waals surface area (Å²) >= 11 is 0. The van der Waals surface area contributed by atoms with E-state index >= 15 is 0 Å². The molecule has 3 aromatic rings. The molecule has 0 amide bonds. The van der Waals surface area contributed by atoms with Crippen molar-refractivity contribution in [3.05, 3.63) is 60.4 Å². The largest absolute Gasteiger partial charge is 0.486 e. The fourth-order valence-corrected chi connectivity index (χ4v) is 2.54. The molecule has 3 heteroatoms. The fraction of sp³-hybridized carbons (Fsp3) is 0.316. The molecular weight excluding hydrogens is 272 g/mol. The average molecular weight is 294 g/mol. The third-order valence-electron chi connectivity index (χ3n) is 4.04. The average Bonchev–Trinajstić information content (AvgIpc) is 2.91. The number of para-hydroxylation sites is 3. The number of nitrogens with zero attached hydrogens (tertiary/aromatic N) is 2. The van der Waals surface area contributed by atoms with Gasteiger partial charge in [0.05, 0.1) is 11.0 Å². The van der Waals surface area contributed by atoms with E-state index in [0.29, 0.717) is 12.5 Å². The van der Waals surface area contributed by atoms with Crippen molar-refractivity contribution < 1.29 is 4.74 Å². The van der Waals surface area contributed by atoms with Gasteiger partial charge >= 0.3 is 0 Å². The SMILES string of the molecule is CCC(C)Cn1c(COc2ccccc2)nc2ccccc21. The molecule has 0 N–H and O–H groups in total. The summed E-state index contributed by atoms with van der Waals surface area (Å²) in [6.07, 6.45) is 1.16. The quantitative estimate of drug-likeness (QED) is 0.661. The first-order valence-corrected chi connectivity index (χ1v) is 7.90. The van der Waals surface area contributed by atoms with Crippen LogP contribution in [0.3, 0.4) is 0 Å². The van der Waals surface area contributed by atoms with Crippen LogP contribution in [0.15, 0.2) is 54.6 Å². The minimum Gasteiger partial charge on any atom is -0.486 e. The number of fused-ring (bicyclic) bond motifs is 1. The number of rotatable bonds is 6. The summed E-state index contributed by atoms with van der Waals surface area (Å²) in [5.74, 6) is 2.49. The molecule has 114 valence electrons. The monoisotopic (exact) mass is 294 g/mol. The van der Waals surface area contributed by atoms with Gasteiger partial charge in [0.15, 0.2) is 0 Å². The molecule has 3 rings (SSSR count). The van der Waals surface area contributed by atoms with Crippen LogP contribution >= 0.6 is 0 Å². The highest BCUT2D eigenvalue weighted by molar-refractivity contribution is 5.75. The van der Waals surface area contributed by atoms with Crippen LogP contribution in [0.25, 0.3) is 11.0 Å². The molecule has 0 aliphatic carbocycles. The number of imidazole rings is 1. The Morgan fingerprint density at radius 1 is 1.05 bits per heavy atom. The van der Waals surface area contributed by atoms with Crippen LogP contribution in [0.5, 0.6) is 5.75 Å². The zero-order valence-corrected chi connectivity index (χ0v) is 13.2. The Morgan fingerprint density at radius 3 is 2.55 bits per heavy atom. The van der Waals surface area contributed by atoms with Crippen molar-refractivity contribution in [1.29, 1.82) is 0 Å². The summed E-state index contributed by atoms with van der Waals surface area (Å²) in [5, 5.41) is 0. The van der Waals surface area contributed by atoms with Crippen molar-refractivity contribution in [3.8, 4) is 5.75 Å². The first kappa shape index (κ1) is 14.6. The number of aromatic nitrogens is 2. The second-order valence-electron chi connectivity index (χ2n) is 5.74. The van der Waals surface area contributed by atoms with Crippen molar-refractivity contribution in [2.24, 2.45) is 5.92 Å². The summed E-state index contributed by atoms with van der Waals surface area (Å²) in [5.41, 5.74) is 2.23. The molecule has 0 aliphatic heterocycles. The zero-order chi connectivity index (χ0) is 15.4. The maximum atomic E-state index is 5.89. The smallest absolute Gasteiger partial charge is 0.148 e. The molecule has 1 aromatic heterocycles. The Kier molecular flexibility index (Phi) is 4.42. The molecule has 0 bridgehead atoms. The lowest BCUT2D eigenvalue weighted by Crippen LogP contribution is -2.12. The van der Waals surface area contributed by atoms with E-state index in [0.717, 1.165) is 30.1 Å². The summed E-state index contributed by atoms with van der Waals surface area (Å²) in [6, 6.07) is 18.2. The van der Waals surface area contributed by atoms with Crippen LogP contribution < -0.4 is 4.74 Å². The van der Waals surface area contributed by atoms with Gasteiger partial charge in [0.1, 0.15) is 18.2 Å². The van der Waals surface area contributed by atoms with Gasteiger partial charge in [-0.3, -0.25) is 0 Å². The van der Waals surface area contributed by atoms with Crippen molar-refractivity contribution in [2.75, 3.05) is 0 Å². The van der Waals surface area contributed by atoms with Crippen LogP contribution in [0.1, 0.15) is 26.1 Å². The molecule has 1 unspecified atom stereocenters. The molecule has 2 aromatic carbocycles. The van der Waals surface area contributed by atoms with Gasteiger partial charge in [0.2, 0.25) is 0 Å². The standard InChI is InChI=1S/C19H22N2O/c1-3-15(2)13-21-18-12-8-7-11-17(18)20-19(21)14-22-16-9-5-4-6-10-16/h4-12,15H,3,13-14H2,1-2H3. The molecular formula is C19H22N2O. The lowest BCUT2D eigenvalue weighted by molar-refractivity contribution is 0.286. The number of benzene rings is 2. The van der Waals surface area contributed by atoms with Crippen molar-refractivity contribution >= 4 is 11.0 Å². The first-order chi connectivity index (χ1) is 10.8. The van der Waals surface area contributed by atoms with Crippen molar-refractivity contribution in [1.82, 2.24) is 9.55 Å². The van der Waals surface area contributed by atoms with Crippen LogP contribution in [-0.4, -0.2) is 9.55 Å². The Bertz CT molecular complexity index is 734. The lowest BCUT2D eigenvalue weighted by Gasteiger charge is -2.14. The third-order valence-corrected chi connectivity index (χ3v) is 4.04. The molecule has 3 nitrogen and oxygen atoms in total. The number of hydrogen-bond acceptors (Lipinski definition) is 2. The fourth-order valence-electron chi connectivity index (χ4n) is 2.54. The van der Waals surface area contributed by atoms with E-state index in [1.807, 2.05) is 36.4 Å². The van der Waals surface area contributed by atoms with Gasteiger partial charge in [-0.15, -0.1) is 0 Å². The minimum absolute atomic E-state index is 0.495. The Morgan fingerprint density at radius 2 is 1.77 bits per heavy atom. The van der Waals surface area contributed by atoms with E-state index in [9.17, 15) is 0 Å². The summed E-state index contributed by atoms with van der Waals surface area (Å²) in [6.45, 7) is 5.97. The second-order valence-corrected chi connectivity index (χ2v) is 5.74. The van der Waals surface area contributed by atoms with Gasteiger partial charge < -0.3 is 9.30 Å². The second kappa shape index (κ2) is 6.65. The maximum Gasteiger partial charge on any atom is 0.148 e. The topological polar surface area (TPSA) is 27.1 Å². The maximum absolute atomic E-state index is 5.89. The van der Waals surface area contributed by atoms with E-state index in [1.165, 1.54) is 5.52 Å². The predicted molar refractivity (Wildman–Crippen MR) is 90.0 cm³/mol. The predicted octanol–water partition coefficient (Wildman–Crippen LogP) is 4.66. The van der Waals surface area contributed by atoms with Gasteiger partial charge in [-0.25, -0.2) is 4.98 Å². The molecule has 0 radical (unpaired) electrons. The van der Waals surface area contributed by atoms with Gasteiger partial charge in [-0.05, 0) is 30.2 Å². The van der Waals surface area contributed by atoms with Crippen LogP contribution in [0.4, 0.5) is 0 Å². The molecule has 22 heavy (non-hydrogen) atoms. The number of ether oxygens (including phenoxy) is 1. The summed E-state index contributed by atoms with van der Waals surface area (Å²) < 4.78 is 8.19. The molecule has 1 heterocycles.